The number of aliphatic hydroxyl groups is 1. The van der Waals surface area contributed by atoms with E-state index in [0.29, 0.717) is 0 Å². The number of benzene rings is 2. The highest BCUT2D eigenvalue weighted by atomic mass is 32.3. The molecule has 2 rings (SSSR count). The second-order valence-electron chi connectivity index (χ2n) is 6.29. The lowest BCUT2D eigenvalue weighted by Gasteiger charge is -2.32. The minimum absolute atomic E-state index is 0.0985. The van der Waals surface area contributed by atoms with Crippen LogP contribution in [0, 0.1) is 5.92 Å². The lowest BCUT2D eigenvalue weighted by Crippen LogP contribution is -2.49. The first-order valence-corrected chi connectivity index (χ1v) is 11.7. The predicted molar refractivity (Wildman–Crippen MR) is 106 cm³/mol. The van der Waals surface area contributed by atoms with Crippen molar-refractivity contribution < 1.29 is 26.3 Å². The van der Waals surface area contributed by atoms with E-state index in [1.54, 1.807) is 12.1 Å². The zero-order chi connectivity index (χ0) is 20.8. The van der Waals surface area contributed by atoms with Gasteiger partial charge in [-0.3, -0.25) is 0 Å². The van der Waals surface area contributed by atoms with Gasteiger partial charge >= 0.3 is 4.33 Å². The van der Waals surface area contributed by atoms with Gasteiger partial charge in [-0.2, -0.15) is 0 Å². The van der Waals surface area contributed by atoms with E-state index in [-0.39, 0.29) is 19.3 Å². The molecule has 0 fully saturated rings. The summed E-state index contributed by atoms with van der Waals surface area (Å²) in [6.07, 6.45) is 1.22. The van der Waals surface area contributed by atoms with Crippen LogP contribution in [-0.2, 0) is 19.7 Å². The molecule has 0 aromatic heterocycles. The lowest BCUT2D eigenvalue weighted by molar-refractivity contribution is 0.186. The Kier molecular flexibility index (Phi) is 7.14. The minimum atomic E-state index is -4.96. The SMILES string of the molecule is C=CCC[C@H](CCO)C(F)(S(=O)(=O)c1ccccc1)S(=O)(=O)c1ccccc1. The van der Waals surface area contributed by atoms with Gasteiger partial charge in [-0.05, 0) is 43.5 Å². The molecule has 0 aliphatic carbocycles. The summed E-state index contributed by atoms with van der Waals surface area (Å²) < 4.78 is 66.1. The third-order valence-corrected chi connectivity index (χ3v) is 9.76. The topological polar surface area (TPSA) is 88.5 Å². The van der Waals surface area contributed by atoms with Crippen molar-refractivity contribution in [2.24, 2.45) is 5.92 Å². The molecule has 0 aliphatic heterocycles. The van der Waals surface area contributed by atoms with E-state index in [9.17, 15) is 21.9 Å². The van der Waals surface area contributed by atoms with Gasteiger partial charge in [0.1, 0.15) is 0 Å². The maximum atomic E-state index is 16.6. The molecule has 0 aliphatic rings. The molecule has 2 aromatic rings. The largest absolute Gasteiger partial charge is 0.396 e. The molecule has 152 valence electrons. The average Bonchev–Trinajstić information content (AvgIpc) is 2.71. The van der Waals surface area contributed by atoms with Crippen molar-refractivity contribution in [1.82, 2.24) is 0 Å². The van der Waals surface area contributed by atoms with Crippen molar-refractivity contribution in [3.8, 4) is 0 Å². The van der Waals surface area contributed by atoms with Crippen LogP contribution in [0.15, 0.2) is 83.1 Å². The van der Waals surface area contributed by atoms with Crippen LogP contribution in [0.5, 0.6) is 0 Å². The van der Waals surface area contributed by atoms with Crippen molar-refractivity contribution in [3.05, 3.63) is 73.3 Å². The second kappa shape index (κ2) is 8.98. The van der Waals surface area contributed by atoms with Gasteiger partial charge in [0.15, 0.2) is 0 Å². The molecule has 1 atom stereocenters. The van der Waals surface area contributed by atoms with Crippen molar-refractivity contribution in [1.29, 1.82) is 0 Å². The Morgan fingerprint density at radius 3 is 1.68 bits per heavy atom. The van der Waals surface area contributed by atoms with Crippen LogP contribution in [0.1, 0.15) is 19.3 Å². The summed E-state index contributed by atoms with van der Waals surface area (Å²) in [7, 11) is -9.92. The number of allylic oxidation sites excluding steroid dienone is 1. The van der Waals surface area contributed by atoms with E-state index in [4.69, 9.17) is 0 Å². The maximum absolute atomic E-state index is 16.6. The van der Waals surface area contributed by atoms with Gasteiger partial charge in [-0.1, -0.05) is 42.5 Å². The van der Waals surface area contributed by atoms with Gasteiger partial charge in [0, 0.05) is 12.5 Å². The molecule has 1 N–H and O–H groups in total. The first-order chi connectivity index (χ1) is 13.2. The Labute approximate surface area is 165 Å². The van der Waals surface area contributed by atoms with Crippen molar-refractivity contribution in [2.45, 2.75) is 33.4 Å². The zero-order valence-corrected chi connectivity index (χ0v) is 16.9. The van der Waals surface area contributed by atoms with Gasteiger partial charge in [0.05, 0.1) is 9.79 Å². The molecule has 0 unspecified atom stereocenters. The van der Waals surface area contributed by atoms with Crippen LogP contribution in [0.2, 0.25) is 0 Å². The Morgan fingerprint density at radius 2 is 1.32 bits per heavy atom. The highest BCUT2D eigenvalue weighted by Gasteiger charge is 2.61. The summed E-state index contributed by atoms with van der Waals surface area (Å²) in [6.45, 7) is 2.98. The van der Waals surface area contributed by atoms with Crippen LogP contribution in [0.3, 0.4) is 0 Å². The van der Waals surface area contributed by atoms with Gasteiger partial charge < -0.3 is 5.11 Å². The van der Waals surface area contributed by atoms with Crippen molar-refractivity contribution in [3.63, 3.8) is 0 Å². The molecule has 0 radical (unpaired) electrons. The Bertz CT molecular complexity index is 918. The van der Waals surface area contributed by atoms with Gasteiger partial charge in [-0.25, -0.2) is 21.2 Å². The number of hydrogen-bond acceptors (Lipinski definition) is 5. The quantitative estimate of drug-likeness (QED) is 0.587. The van der Waals surface area contributed by atoms with E-state index in [0.717, 1.165) is 24.3 Å². The number of aliphatic hydroxyl groups excluding tert-OH is 1. The standard InChI is InChI=1S/C20H23FO5S2/c1-2-3-10-17(15-16-22)20(21,27(23,24)18-11-6-4-7-12-18)28(25,26)19-13-8-5-9-14-19/h2,4-9,11-14,17,22H,1,3,10,15-16H2/t17-/m1/s1. The third-order valence-electron chi connectivity index (χ3n) is 4.52. The van der Waals surface area contributed by atoms with Crippen LogP contribution >= 0.6 is 0 Å². The van der Waals surface area contributed by atoms with Gasteiger partial charge in [-0.15, -0.1) is 6.58 Å². The first kappa shape index (κ1) is 22.3. The van der Waals surface area contributed by atoms with Crippen molar-refractivity contribution in [2.75, 3.05) is 6.61 Å². The van der Waals surface area contributed by atoms with Crippen LogP contribution in [-0.4, -0.2) is 32.9 Å². The number of alkyl halides is 1. The number of hydrogen-bond donors (Lipinski definition) is 1. The normalized spacial score (nSPS) is 13.8. The van der Waals surface area contributed by atoms with Crippen LogP contribution in [0.4, 0.5) is 4.39 Å². The fourth-order valence-electron chi connectivity index (χ4n) is 3.07. The monoisotopic (exact) mass is 426 g/mol. The predicted octanol–water partition coefficient (Wildman–Crippen LogP) is 3.52. The summed E-state index contributed by atoms with van der Waals surface area (Å²) in [4.78, 5) is -0.864. The molecular weight excluding hydrogens is 403 g/mol. The molecule has 0 saturated heterocycles. The highest BCUT2D eigenvalue weighted by molar-refractivity contribution is 8.10. The molecule has 8 heteroatoms. The van der Waals surface area contributed by atoms with Gasteiger partial charge in [0.2, 0.25) is 19.7 Å². The molecule has 0 amide bonds. The number of halogens is 1. The highest BCUT2D eigenvalue weighted by Crippen LogP contribution is 2.45. The fourth-order valence-corrected chi connectivity index (χ4v) is 7.82. The van der Waals surface area contributed by atoms with Crippen LogP contribution < -0.4 is 0 Å². The molecule has 0 spiro atoms. The lowest BCUT2D eigenvalue weighted by atomic mass is 10.0. The van der Waals surface area contributed by atoms with E-state index in [2.05, 4.69) is 6.58 Å². The molecule has 0 heterocycles. The van der Waals surface area contributed by atoms with E-state index in [1.165, 1.54) is 30.3 Å². The van der Waals surface area contributed by atoms with E-state index in [1.807, 2.05) is 0 Å². The molecule has 2 aromatic carbocycles. The Hall–Kier alpha value is -2.03. The summed E-state index contributed by atoms with van der Waals surface area (Å²) in [5.74, 6) is -1.48. The fraction of sp³-hybridized carbons (Fsp3) is 0.300. The molecule has 0 saturated carbocycles. The molecule has 5 nitrogen and oxygen atoms in total. The number of sulfone groups is 2. The number of rotatable bonds is 10. The Balaban J connectivity index is 2.79. The summed E-state index contributed by atoms with van der Waals surface area (Å²) >= 11 is 0. The van der Waals surface area contributed by atoms with E-state index >= 15 is 4.39 Å². The van der Waals surface area contributed by atoms with Gasteiger partial charge in [0.25, 0.3) is 0 Å². The summed E-state index contributed by atoms with van der Waals surface area (Å²) in [6, 6.07) is 13.3. The maximum Gasteiger partial charge on any atom is 0.320 e. The molecule has 0 bridgehead atoms. The smallest absolute Gasteiger partial charge is 0.320 e. The summed E-state index contributed by atoms with van der Waals surface area (Å²) in [5.41, 5.74) is 0. The summed E-state index contributed by atoms with van der Waals surface area (Å²) in [5, 5.41) is 9.39. The van der Waals surface area contributed by atoms with Crippen molar-refractivity contribution >= 4 is 19.7 Å². The zero-order valence-electron chi connectivity index (χ0n) is 15.2. The first-order valence-electron chi connectivity index (χ1n) is 8.73. The molecule has 28 heavy (non-hydrogen) atoms. The molecular formula is C20H23FO5S2. The Morgan fingerprint density at radius 1 is 0.893 bits per heavy atom. The minimum Gasteiger partial charge on any atom is -0.396 e. The van der Waals surface area contributed by atoms with E-state index < -0.39 is 46.3 Å². The second-order valence-corrected chi connectivity index (χ2v) is 10.7. The third kappa shape index (κ3) is 3.90. The van der Waals surface area contributed by atoms with Crippen LogP contribution in [0.25, 0.3) is 0 Å². The average molecular weight is 427 g/mol.